The first kappa shape index (κ1) is 17.0. The highest BCUT2D eigenvalue weighted by Gasteiger charge is 2.16. The van der Waals surface area contributed by atoms with Crippen molar-refractivity contribution in [3.05, 3.63) is 28.8 Å². The fourth-order valence-electron chi connectivity index (χ4n) is 1.86. The molecule has 1 atom stereocenters. The SMILES string of the molecule is COc1cc(C(=O)N[C@@H](C)c2nnc(N)s2)ccc1OCCN. The lowest BCUT2D eigenvalue weighted by Crippen LogP contribution is -2.26. The summed E-state index contributed by atoms with van der Waals surface area (Å²) in [7, 11) is 1.51. The molecule has 2 rings (SSSR count). The number of nitrogens with one attached hydrogen (secondary N) is 1. The summed E-state index contributed by atoms with van der Waals surface area (Å²) < 4.78 is 10.7. The Kier molecular flexibility index (Phi) is 5.72. The minimum Gasteiger partial charge on any atom is -0.493 e. The van der Waals surface area contributed by atoms with E-state index in [1.807, 2.05) is 6.92 Å². The Morgan fingerprint density at radius 2 is 2.17 bits per heavy atom. The largest absolute Gasteiger partial charge is 0.493 e. The molecule has 0 fully saturated rings. The van der Waals surface area contributed by atoms with Crippen molar-refractivity contribution in [1.82, 2.24) is 15.5 Å². The molecular formula is C14H19N5O3S. The van der Waals surface area contributed by atoms with Crippen molar-refractivity contribution in [3.8, 4) is 11.5 Å². The van der Waals surface area contributed by atoms with Crippen LogP contribution in [0.15, 0.2) is 18.2 Å². The third kappa shape index (κ3) is 4.30. The molecule has 0 radical (unpaired) electrons. The monoisotopic (exact) mass is 337 g/mol. The molecule has 0 saturated heterocycles. The van der Waals surface area contributed by atoms with Crippen LogP contribution in [-0.4, -0.2) is 36.4 Å². The molecule has 5 N–H and O–H groups in total. The quantitative estimate of drug-likeness (QED) is 0.687. The van der Waals surface area contributed by atoms with Crippen LogP contribution < -0.4 is 26.3 Å². The van der Waals surface area contributed by atoms with Crippen molar-refractivity contribution in [2.24, 2.45) is 5.73 Å². The summed E-state index contributed by atoms with van der Waals surface area (Å²) in [5.74, 6) is 0.758. The van der Waals surface area contributed by atoms with Gasteiger partial charge in [-0.05, 0) is 25.1 Å². The summed E-state index contributed by atoms with van der Waals surface area (Å²) in [6.07, 6.45) is 0. The average molecular weight is 337 g/mol. The van der Waals surface area contributed by atoms with Gasteiger partial charge in [-0.1, -0.05) is 11.3 Å². The van der Waals surface area contributed by atoms with E-state index in [1.165, 1.54) is 18.4 Å². The Hall–Kier alpha value is -2.39. The smallest absolute Gasteiger partial charge is 0.251 e. The van der Waals surface area contributed by atoms with Gasteiger partial charge in [0, 0.05) is 12.1 Å². The van der Waals surface area contributed by atoms with E-state index in [9.17, 15) is 4.79 Å². The first-order valence-electron chi connectivity index (χ1n) is 6.95. The van der Waals surface area contributed by atoms with Gasteiger partial charge in [0.15, 0.2) is 11.5 Å². The predicted octanol–water partition coefficient (Wildman–Crippen LogP) is 0.957. The molecule has 1 aromatic carbocycles. The van der Waals surface area contributed by atoms with Crippen LogP contribution in [0.4, 0.5) is 5.13 Å². The number of amides is 1. The molecule has 8 nitrogen and oxygen atoms in total. The number of anilines is 1. The fourth-order valence-corrected chi connectivity index (χ4v) is 2.47. The number of benzene rings is 1. The third-order valence-corrected chi connectivity index (χ3v) is 3.91. The fraction of sp³-hybridized carbons (Fsp3) is 0.357. The van der Waals surface area contributed by atoms with Gasteiger partial charge in [-0.3, -0.25) is 4.79 Å². The van der Waals surface area contributed by atoms with E-state index in [4.69, 9.17) is 20.9 Å². The van der Waals surface area contributed by atoms with Crippen LogP contribution in [0.2, 0.25) is 0 Å². The molecule has 1 aromatic heterocycles. The Morgan fingerprint density at radius 3 is 2.78 bits per heavy atom. The van der Waals surface area contributed by atoms with E-state index < -0.39 is 0 Å². The summed E-state index contributed by atoms with van der Waals surface area (Å²) in [6.45, 7) is 2.58. The van der Waals surface area contributed by atoms with E-state index >= 15 is 0 Å². The van der Waals surface area contributed by atoms with E-state index in [-0.39, 0.29) is 11.9 Å². The topological polar surface area (TPSA) is 125 Å². The molecule has 0 aliphatic rings. The molecular weight excluding hydrogens is 318 g/mol. The summed E-state index contributed by atoms with van der Waals surface area (Å²) in [5, 5.41) is 11.5. The second-order valence-electron chi connectivity index (χ2n) is 4.68. The van der Waals surface area contributed by atoms with E-state index in [1.54, 1.807) is 18.2 Å². The maximum Gasteiger partial charge on any atom is 0.251 e. The Bertz CT molecular complexity index is 676. The molecule has 0 saturated carbocycles. The van der Waals surface area contributed by atoms with Crippen LogP contribution in [0.1, 0.15) is 28.3 Å². The van der Waals surface area contributed by atoms with Crippen molar-refractivity contribution in [3.63, 3.8) is 0 Å². The van der Waals surface area contributed by atoms with Crippen molar-refractivity contribution in [2.45, 2.75) is 13.0 Å². The maximum absolute atomic E-state index is 12.3. The van der Waals surface area contributed by atoms with Gasteiger partial charge in [-0.2, -0.15) is 0 Å². The summed E-state index contributed by atoms with van der Waals surface area (Å²) in [4.78, 5) is 12.3. The number of hydrogen-bond donors (Lipinski definition) is 3. The first-order valence-corrected chi connectivity index (χ1v) is 7.77. The highest BCUT2D eigenvalue weighted by molar-refractivity contribution is 7.15. The van der Waals surface area contributed by atoms with Crippen LogP contribution in [0, 0.1) is 0 Å². The third-order valence-electron chi connectivity index (χ3n) is 2.98. The van der Waals surface area contributed by atoms with E-state index in [2.05, 4.69) is 15.5 Å². The standard InChI is InChI=1S/C14H19N5O3S/c1-8(13-18-19-14(16)23-13)17-12(20)9-3-4-10(22-6-5-15)11(7-9)21-2/h3-4,7-8H,5-6,15H2,1-2H3,(H2,16,19)(H,17,20)/t8-/m0/s1. The number of rotatable bonds is 7. The minimum absolute atomic E-state index is 0.255. The molecule has 9 heteroatoms. The Labute approximate surface area is 137 Å². The van der Waals surface area contributed by atoms with Gasteiger partial charge in [-0.25, -0.2) is 0 Å². The number of carbonyl (C=O) groups is 1. The lowest BCUT2D eigenvalue weighted by Gasteiger charge is -2.13. The van der Waals surface area contributed by atoms with Gasteiger partial charge < -0.3 is 26.3 Å². The van der Waals surface area contributed by atoms with Crippen molar-refractivity contribution in [2.75, 3.05) is 26.0 Å². The molecule has 0 aliphatic heterocycles. The molecule has 0 spiro atoms. The zero-order valence-corrected chi connectivity index (χ0v) is 13.7. The average Bonchev–Trinajstić information content (AvgIpc) is 2.99. The lowest BCUT2D eigenvalue weighted by atomic mass is 10.1. The highest BCUT2D eigenvalue weighted by atomic mass is 32.1. The van der Waals surface area contributed by atoms with Gasteiger partial charge in [0.2, 0.25) is 5.13 Å². The molecule has 1 heterocycles. The Balaban J connectivity index is 2.09. The minimum atomic E-state index is -0.295. The van der Waals surface area contributed by atoms with Crippen LogP contribution in [0.3, 0.4) is 0 Å². The van der Waals surface area contributed by atoms with Gasteiger partial charge in [-0.15, -0.1) is 10.2 Å². The number of nitrogens with two attached hydrogens (primary N) is 2. The Morgan fingerprint density at radius 1 is 1.39 bits per heavy atom. The number of nitrogens with zero attached hydrogens (tertiary/aromatic N) is 2. The number of methoxy groups -OCH3 is 1. The van der Waals surface area contributed by atoms with Gasteiger partial charge in [0.1, 0.15) is 11.6 Å². The highest BCUT2D eigenvalue weighted by Crippen LogP contribution is 2.28. The molecule has 0 bridgehead atoms. The zero-order chi connectivity index (χ0) is 16.8. The first-order chi connectivity index (χ1) is 11.0. The summed E-state index contributed by atoms with van der Waals surface area (Å²) in [6, 6.07) is 4.65. The van der Waals surface area contributed by atoms with Crippen LogP contribution in [-0.2, 0) is 0 Å². The number of ether oxygens (including phenoxy) is 2. The van der Waals surface area contributed by atoms with Crippen LogP contribution in [0.5, 0.6) is 11.5 Å². The van der Waals surface area contributed by atoms with Crippen LogP contribution >= 0.6 is 11.3 Å². The normalized spacial score (nSPS) is 11.8. The number of hydrogen-bond acceptors (Lipinski definition) is 8. The number of aromatic nitrogens is 2. The van der Waals surface area contributed by atoms with E-state index in [0.717, 1.165) is 0 Å². The van der Waals surface area contributed by atoms with Gasteiger partial charge in [0.25, 0.3) is 5.91 Å². The summed E-state index contributed by atoms with van der Waals surface area (Å²) >= 11 is 1.24. The molecule has 2 aromatic rings. The molecule has 23 heavy (non-hydrogen) atoms. The van der Waals surface area contributed by atoms with Crippen molar-refractivity contribution < 1.29 is 14.3 Å². The molecule has 0 unspecified atom stereocenters. The van der Waals surface area contributed by atoms with Crippen LogP contribution in [0.25, 0.3) is 0 Å². The van der Waals surface area contributed by atoms with Gasteiger partial charge in [0.05, 0.1) is 13.2 Å². The van der Waals surface area contributed by atoms with Crippen molar-refractivity contribution >= 4 is 22.4 Å². The maximum atomic E-state index is 12.3. The molecule has 0 aliphatic carbocycles. The lowest BCUT2D eigenvalue weighted by molar-refractivity contribution is 0.0939. The molecule has 1 amide bonds. The number of carbonyl (C=O) groups excluding carboxylic acids is 1. The van der Waals surface area contributed by atoms with E-state index in [0.29, 0.717) is 40.4 Å². The molecule has 124 valence electrons. The predicted molar refractivity (Wildman–Crippen MR) is 87.7 cm³/mol. The second-order valence-corrected chi connectivity index (χ2v) is 5.72. The summed E-state index contributed by atoms with van der Waals surface area (Å²) in [5.41, 5.74) is 11.4. The zero-order valence-electron chi connectivity index (χ0n) is 12.9. The van der Waals surface area contributed by atoms with Crippen molar-refractivity contribution in [1.29, 1.82) is 0 Å². The van der Waals surface area contributed by atoms with Gasteiger partial charge >= 0.3 is 0 Å². The number of nitrogen functional groups attached to an aromatic ring is 1. The second kappa shape index (κ2) is 7.75.